The van der Waals surface area contributed by atoms with Gasteiger partial charge in [-0.25, -0.2) is 9.48 Å². The van der Waals surface area contributed by atoms with Crippen molar-refractivity contribution in [3.8, 4) is 0 Å². The van der Waals surface area contributed by atoms with E-state index in [1.165, 1.54) is 6.20 Å². The van der Waals surface area contributed by atoms with E-state index in [4.69, 9.17) is 9.84 Å². The molecule has 110 valence electrons. The van der Waals surface area contributed by atoms with Gasteiger partial charge in [0.05, 0.1) is 23.9 Å². The highest BCUT2D eigenvalue weighted by atomic mass is 16.5. The van der Waals surface area contributed by atoms with Crippen LogP contribution in [0.3, 0.4) is 0 Å². The van der Waals surface area contributed by atoms with Gasteiger partial charge in [-0.2, -0.15) is 0 Å². The van der Waals surface area contributed by atoms with Crippen LogP contribution >= 0.6 is 0 Å². The molecule has 2 aliphatic heterocycles. The van der Waals surface area contributed by atoms with Gasteiger partial charge in [-0.1, -0.05) is 5.21 Å². The molecule has 3 rings (SSSR count). The van der Waals surface area contributed by atoms with Crippen molar-refractivity contribution < 1.29 is 14.6 Å². The molecule has 2 fully saturated rings. The Kier molecular flexibility index (Phi) is 3.25. The van der Waals surface area contributed by atoms with Crippen molar-refractivity contribution in [1.82, 2.24) is 19.9 Å². The van der Waals surface area contributed by atoms with Gasteiger partial charge in [0, 0.05) is 19.6 Å². The summed E-state index contributed by atoms with van der Waals surface area (Å²) in [5, 5.41) is 16.3. The Labute approximate surface area is 117 Å². The van der Waals surface area contributed by atoms with Gasteiger partial charge in [0.25, 0.3) is 0 Å². The molecule has 0 saturated carbocycles. The molecule has 0 amide bonds. The van der Waals surface area contributed by atoms with Gasteiger partial charge in [-0.15, -0.1) is 5.10 Å². The van der Waals surface area contributed by atoms with Gasteiger partial charge in [0.1, 0.15) is 0 Å². The average Bonchev–Trinajstić information content (AvgIpc) is 2.89. The lowest BCUT2D eigenvalue weighted by Gasteiger charge is -2.40. The van der Waals surface area contributed by atoms with Crippen LogP contribution in [0.25, 0.3) is 0 Å². The molecule has 1 aromatic rings. The lowest BCUT2D eigenvalue weighted by molar-refractivity contribution is -0.0436. The minimum Gasteiger partial charge on any atom is -0.476 e. The Morgan fingerprint density at radius 2 is 2.30 bits per heavy atom. The normalized spacial score (nSPS) is 26.6. The topological polar surface area (TPSA) is 80.5 Å². The molecular formula is C13H20N4O3. The summed E-state index contributed by atoms with van der Waals surface area (Å²) in [5.41, 5.74) is 0.0151. The van der Waals surface area contributed by atoms with Crippen molar-refractivity contribution in [2.24, 2.45) is 0 Å². The molecule has 1 atom stereocenters. The molecule has 2 saturated heterocycles. The molecule has 7 nitrogen and oxygen atoms in total. The van der Waals surface area contributed by atoms with Gasteiger partial charge >= 0.3 is 5.97 Å². The highest BCUT2D eigenvalue weighted by Crippen LogP contribution is 2.31. The van der Waals surface area contributed by atoms with Crippen molar-refractivity contribution >= 4 is 5.97 Å². The summed E-state index contributed by atoms with van der Waals surface area (Å²) in [6, 6.07) is 0.227. The fourth-order valence-corrected chi connectivity index (χ4v) is 2.91. The molecule has 0 spiro atoms. The zero-order chi connectivity index (χ0) is 14.3. The number of carboxylic acids is 1. The highest BCUT2D eigenvalue weighted by molar-refractivity contribution is 5.84. The second-order valence-corrected chi connectivity index (χ2v) is 6.30. The van der Waals surface area contributed by atoms with Crippen LogP contribution in [0.5, 0.6) is 0 Å². The van der Waals surface area contributed by atoms with Crippen LogP contribution in [0.4, 0.5) is 0 Å². The Morgan fingerprint density at radius 3 is 2.85 bits per heavy atom. The first kappa shape index (κ1) is 13.5. The monoisotopic (exact) mass is 280 g/mol. The molecular weight excluding hydrogens is 260 g/mol. The Morgan fingerprint density at radius 1 is 1.55 bits per heavy atom. The maximum atomic E-state index is 10.8. The van der Waals surface area contributed by atoms with E-state index in [0.717, 1.165) is 32.5 Å². The van der Waals surface area contributed by atoms with E-state index in [-0.39, 0.29) is 17.3 Å². The lowest BCUT2D eigenvalue weighted by Crippen LogP contribution is -2.50. The summed E-state index contributed by atoms with van der Waals surface area (Å²) >= 11 is 0. The fourth-order valence-electron chi connectivity index (χ4n) is 2.91. The Bertz CT molecular complexity index is 507. The second-order valence-electron chi connectivity index (χ2n) is 6.30. The molecule has 1 aromatic heterocycles. The van der Waals surface area contributed by atoms with E-state index in [9.17, 15) is 4.79 Å². The van der Waals surface area contributed by atoms with Crippen LogP contribution in [0, 0.1) is 0 Å². The molecule has 0 aliphatic carbocycles. The molecule has 0 bridgehead atoms. The van der Waals surface area contributed by atoms with E-state index in [2.05, 4.69) is 29.1 Å². The number of ether oxygens (including phenoxy) is 1. The number of carbonyl (C=O) groups is 1. The van der Waals surface area contributed by atoms with Gasteiger partial charge in [-0.3, -0.25) is 4.90 Å². The number of aromatic carboxylic acids is 1. The summed E-state index contributed by atoms with van der Waals surface area (Å²) in [6.07, 6.45) is 4.04. The highest BCUT2D eigenvalue weighted by Gasteiger charge is 2.36. The second kappa shape index (κ2) is 4.82. The van der Waals surface area contributed by atoms with Gasteiger partial charge in [0.2, 0.25) is 0 Å². The van der Waals surface area contributed by atoms with E-state index in [1.54, 1.807) is 4.68 Å². The first-order valence-electron chi connectivity index (χ1n) is 6.98. The molecule has 0 radical (unpaired) electrons. The predicted octanol–water partition coefficient (Wildman–Crippen LogP) is 0.791. The summed E-state index contributed by atoms with van der Waals surface area (Å²) < 4.78 is 7.63. The van der Waals surface area contributed by atoms with Crippen LogP contribution in [0.1, 0.15) is 43.2 Å². The zero-order valence-corrected chi connectivity index (χ0v) is 11.8. The fraction of sp³-hybridized carbons (Fsp3) is 0.769. The average molecular weight is 280 g/mol. The van der Waals surface area contributed by atoms with Crippen LogP contribution in [0.15, 0.2) is 6.20 Å². The summed E-state index contributed by atoms with van der Waals surface area (Å²) in [4.78, 5) is 13.1. The van der Waals surface area contributed by atoms with Crippen LogP contribution < -0.4 is 0 Å². The first-order chi connectivity index (χ1) is 9.43. The maximum Gasteiger partial charge on any atom is 0.358 e. The van der Waals surface area contributed by atoms with Crippen LogP contribution in [0.2, 0.25) is 0 Å². The number of carboxylic acid groups (broad SMARTS) is 1. The first-order valence-corrected chi connectivity index (χ1v) is 6.98. The molecule has 3 heterocycles. The quantitative estimate of drug-likeness (QED) is 0.878. The summed E-state index contributed by atoms with van der Waals surface area (Å²) in [6.45, 7) is 6.97. The SMILES string of the molecule is CC1(C)CCC(CN2CC(n3cc(C(=O)O)nn3)C2)O1. The van der Waals surface area contributed by atoms with E-state index in [0.29, 0.717) is 6.10 Å². The van der Waals surface area contributed by atoms with Crippen molar-refractivity contribution in [2.75, 3.05) is 19.6 Å². The maximum absolute atomic E-state index is 10.8. The zero-order valence-electron chi connectivity index (χ0n) is 11.8. The molecule has 0 aromatic carbocycles. The summed E-state index contributed by atoms with van der Waals surface area (Å²) in [7, 11) is 0. The Hall–Kier alpha value is -1.47. The van der Waals surface area contributed by atoms with Crippen molar-refractivity contribution in [3.05, 3.63) is 11.9 Å². The summed E-state index contributed by atoms with van der Waals surface area (Å²) in [5.74, 6) is -1.03. The molecule has 20 heavy (non-hydrogen) atoms. The largest absolute Gasteiger partial charge is 0.476 e. The molecule has 1 unspecified atom stereocenters. The standard InChI is InChI=1S/C13H20N4O3/c1-13(2)4-3-10(20-13)7-16-5-9(6-16)17-8-11(12(18)19)14-15-17/h8-10H,3-7H2,1-2H3,(H,18,19). The molecule has 1 N–H and O–H groups in total. The van der Waals surface area contributed by atoms with E-state index in [1.807, 2.05) is 0 Å². The van der Waals surface area contributed by atoms with Gasteiger partial charge < -0.3 is 9.84 Å². The number of rotatable bonds is 4. The molecule has 7 heteroatoms. The van der Waals surface area contributed by atoms with Crippen molar-refractivity contribution in [2.45, 2.75) is 44.4 Å². The van der Waals surface area contributed by atoms with Crippen LogP contribution in [-0.4, -0.2) is 62.3 Å². The van der Waals surface area contributed by atoms with E-state index >= 15 is 0 Å². The van der Waals surface area contributed by atoms with Gasteiger partial charge in [-0.05, 0) is 26.7 Å². The van der Waals surface area contributed by atoms with Crippen molar-refractivity contribution in [1.29, 1.82) is 0 Å². The lowest BCUT2D eigenvalue weighted by atomic mass is 10.0. The Balaban J connectivity index is 1.48. The third-order valence-corrected chi connectivity index (χ3v) is 4.06. The molecule has 2 aliphatic rings. The van der Waals surface area contributed by atoms with Crippen LogP contribution in [-0.2, 0) is 4.74 Å². The van der Waals surface area contributed by atoms with E-state index < -0.39 is 5.97 Å². The predicted molar refractivity (Wildman–Crippen MR) is 70.6 cm³/mol. The minimum absolute atomic E-state index is 0.00401. The van der Waals surface area contributed by atoms with Gasteiger partial charge in [0.15, 0.2) is 5.69 Å². The number of nitrogens with zero attached hydrogens (tertiary/aromatic N) is 4. The minimum atomic E-state index is -1.03. The number of hydrogen-bond donors (Lipinski definition) is 1. The third kappa shape index (κ3) is 2.69. The third-order valence-electron chi connectivity index (χ3n) is 4.06. The number of hydrogen-bond acceptors (Lipinski definition) is 5. The smallest absolute Gasteiger partial charge is 0.358 e. The van der Waals surface area contributed by atoms with Crippen molar-refractivity contribution in [3.63, 3.8) is 0 Å². The number of aromatic nitrogens is 3. The number of likely N-dealkylation sites (tertiary alicyclic amines) is 1.